The number of carbonyl (C=O) groups excluding carboxylic acids is 1. The van der Waals surface area contributed by atoms with Crippen molar-refractivity contribution in [3.8, 4) is 11.5 Å². The van der Waals surface area contributed by atoms with Crippen LogP contribution in [0.1, 0.15) is 52.4 Å². The number of carbonyl (C=O) groups is 2. The normalized spacial score (nSPS) is 17.3. The van der Waals surface area contributed by atoms with Gasteiger partial charge in [-0.25, -0.2) is 4.98 Å². The number of aliphatic hydroxyl groups excluding tert-OH is 1. The number of aliphatic carboxylic acids is 1. The van der Waals surface area contributed by atoms with Gasteiger partial charge in [0.2, 0.25) is 0 Å². The summed E-state index contributed by atoms with van der Waals surface area (Å²) in [5.41, 5.74) is 2.16. The molecule has 0 aliphatic carbocycles. The van der Waals surface area contributed by atoms with Crippen molar-refractivity contribution in [2.75, 3.05) is 32.3 Å². The summed E-state index contributed by atoms with van der Waals surface area (Å²) >= 11 is 7.79. The molecule has 1 aliphatic heterocycles. The van der Waals surface area contributed by atoms with Crippen LogP contribution in [0.2, 0.25) is 5.02 Å². The third-order valence-corrected chi connectivity index (χ3v) is 9.36. The number of anilines is 1. The van der Waals surface area contributed by atoms with Crippen molar-refractivity contribution >= 4 is 40.5 Å². The molecule has 2 heterocycles. The predicted octanol–water partition coefficient (Wildman–Crippen LogP) is 6.31. The fourth-order valence-corrected chi connectivity index (χ4v) is 6.83. The van der Waals surface area contributed by atoms with Gasteiger partial charge in [0.05, 0.1) is 25.1 Å². The molecule has 5 rings (SSSR count). The van der Waals surface area contributed by atoms with Crippen molar-refractivity contribution in [1.29, 1.82) is 0 Å². The molecule has 0 spiro atoms. The number of nitrogens with zero attached hydrogens (tertiary/aromatic N) is 2. The van der Waals surface area contributed by atoms with Crippen LogP contribution in [0.5, 0.6) is 11.5 Å². The fraction of sp³-hybridized carbons (Fsp3) is 0.343. The van der Waals surface area contributed by atoms with Crippen molar-refractivity contribution in [2.24, 2.45) is 5.41 Å². The smallest absolute Gasteiger partial charge is 0.312 e. The van der Waals surface area contributed by atoms with Crippen molar-refractivity contribution < 1.29 is 34.0 Å². The summed E-state index contributed by atoms with van der Waals surface area (Å²) in [6.07, 6.45) is 0.181. The Morgan fingerprint density at radius 1 is 1.09 bits per heavy atom. The minimum Gasteiger partial charge on any atom is -0.493 e. The first kappa shape index (κ1) is 33.4. The molecule has 0 bridgehead atoms. The number of rotatable bonds is 12. The molecule has 46 heavy (non-hydrogen) atoms. The standard InChI is InChI=1S/C35H37ClN2O7S/c1-35(2,20-39)19-38-26-14-13-22(36)16-24(26)31(23-11-8-12-27(43-3)32(23)44-4)45-28(33(38)40)17-30-37-18-29(46-30)25(34(41)42)15-21-9-6-5-7-10-21/h5-14,16,18,25,28,31,39H,15,17,19-20H2,1-4H3,(H,41,42)/t25?,28-,31-/m1/s1. The van der Waals surface area contributed by atoms with Crippen molar-refractivity contribution in [3.63, 3.8) is 0 Å². The first-order chi connectivity index (χ1) is 22.0. The largest absolute Gasteiger partial charge is 0.493 e. The predicted molar refractivity (Wildman–Crippen MR) is 177 cm³/mol. The van der Waals surface area contributed by atoms with Crippen LogP contribution in [-0.4, -0.2) is 60.5 Å². The number of aliphatic hydroxyl groups is 1. The molecular weight excluding hydrogens is 628 g/mol. The number of halogens is 1. The van der Waals surface area contributed by atoms with E-state index in [-0.39, 0.29) is 25.5 Å². The highest BCUT2D eigenvalue weighted by Crippen LogP contribution is 2.46. The molecule has 0 saturated carbocycles. The number of thiazole rings is 1. The minimum absolute atomic E-state index is 0.0989. The molecule has 1 unspecified atom stereocenters. The Balaban J connectivity index is 1.57. The van der Waals surface area contributed by atoms with Crippen molar-refractivity contribution in [1.82, 2.24) is 4.98 Å². The highest BCUT2D eigenvalue weighted by Gasteiger charge is 2.40. The van der Waals surface area contributed by atoms with E-state index >= 15 is 0 Å². The molecule has 3 atom stereocenters. The quantitative estimate of drug-likeness (QED) is 0.181. The van der Waals surface area contributed by atoms with Gasteiger partial charge in [-0.15, -0.1) is 11.3 Å². The Bertz CT molecular complexity index is 1690. The number of hydrogen-bond donors (Lipinski definition) is 2. The van der Waals surface area contributed by atoms with E-state index in [9.17, 15) is 19.8 Å². The van der Waals surface area contributed by atoms with Gasteiger partial charge in [-0.1, -0.05) is 67.9 Å². The molecule has 0 radical (unpaired) electrons. The van der Waals surface area contributed by atoms with Gasteiger partial charge in [0, 0.05) is 57.9 Å². The third-order valence-electron chi connectivity index (χ3n) is 7.99. The summed E-state index contributed by atoms with van der Waals surface area (Å²) < 4.78 is 18.1. The fourth-order valence-electron chi connectivity index (χ4n) is 5.60. The Hall–Kier alpha value is -3.96. The molecule has 3 aromatic carbocycles. The third kappa shape index (κ3) is 7.20. The average Bonchev–Trinajstić information content (AvgIpc) is 3.48. The summed E-state index contributed by atoms with van der Waals surface area (Å²) in [6, 6.07) is 20.2. The molecule has 2 N–H and O–H groups in total. The van der Waals surface area contributed by atoms with Crippen LogP contribution in [0.3, 0.4) is 0 Å². The van der Waals surface area contributed by atoms with E-state index in [4.69, 9.17) is 25.8 Å². The highest BCUT2D eigenvalue weighted by molar-refractivity contribution is 7.11. The van der Waals surface area contributed by atoms with Gasteiger partial charge in [-0.05, 0) is 36.2 Å². The minimum atomic E-state index is -1.02. The van der Waals surface area contributed by atoms with Crippen molar-refractivity contribution in [2.45, 2.75) is 44.8 Å². The second kappa shape index (κ2) is 14.2. The zero-order chi connectivity index (χ0) is 33.0. The van der Waals surface area contributed by atoms with Gasteiger partial charge in [0.25, 0.3) is 5.91 Å². The number of amides is 1. The number of carboxylic acid groups (broad SMARTS) is 1. The number of benzene rings is 3. The van der Waals surface area contributed by atoms with Crippen LogP contribution in [0, 0.1) is 5.41 Å². The molecular formula is C35H37ClN2O7S. The van der Waals surface area contributed by atoms with E-state index in [0.717, 1.165) is 5.56 Å². The van der Waals surface area contributed by atoms with E-state index in [1.165, 1.54) is 11.3 Å². The maximum Gasteiger partial charge on any atom is 0.312 e. The summed E-state index contributed by atoms with van der Waals surface area (Å²) in [4.78, 5) is 33.5. The topological polar surface area (TPSA) is 118 Å². The maximum atomic E-state index is 14.4. The first-order valence-corrected chi connectivity index (χ1v) is 16.0. The lowest BCUT2D eigenvalue weighted by Crippen LogP contribution is -2.45. The van der Waals surface area contributed by atoms with E-state index in [1.807, 2.05) is 56.3 Å². The Morgan fingerprint density at radius 3 is 2.52 bits per heavy atom. The zero-order valence-electron chi connectivity index (χ0n) is 26.1. The molecule has 9 nitrogen and oxygen atoms in total. The summed E-state index contributed by atoms with van der Waals surface area (Å²) in [5, 5.41) is 21.3. The summed E-state index contributed by atoms with van der Waals surface area (Å²) in [6.45, 7) is 3.82. The van der Waals surface area contributed by atoms with Crippen LogP contribution in [0.4, 0.5) is 5.69 Å². The maximum absolute atomic E-state index is 14.4. The molecule has 0 saturated heterocycles. The molecule has 1 aliphatic rings. The summed E-state index contributed by atoms with van der Waals surface area (Å²) in [5.74, 6) is -1.10. The van der Waals surface area contributed by atoms with Gasteiger partial charge >= 0.3 is 5.97 Å². The number of carboxylic acids is 1. The van der Waals surface area contributed by atoms with E-state index in [2.05, 4.69) is 4.98 Å². The molecule has 0 fully saturated rings. The van der Waals surface area contributed by atoms with E-state index in [0.29, 0.717) is 49.6 Å². The molecule has 1 aromatic heterocycles. The molecule has 4 aromatic rings. The van der Waals surface area contributed by atoms with Crippen LogP contribution in [0.25, 0.3) is 0 Å². The van der Waals surface area contributed by atoms with Gasteiger partial charge in [0.15, 0.2) is 11.5 Å². The van der Waals surface area contributed by atoms with E-state index < -0.39 is 29.5 Å². The zero-order valence-corrected chi connectivity index (χ0v) is 27.7. The molecule has 11 heteroatoms. The summed E-state index contributed by atoms with van der Waals surface area (Å²) in [7, 11) is 3.09. The number of para-hydroxylation sites is 1. The van der Waals surface area contributed by atoms with Gasteiger partial charge in [-0.2, -0.15) is 0 Å². The lowest BCUT2D eigenvalue weighted by Gasteiger charge is -2.32. The Morgan fingerprint density at radius 2 is 1.85 bits per heavy atom. The average molecular weight is 665 g/mol. The van der Waals surface area contributed by atoms with Crippen molar-refractivity contribution in [3.05, 3.63) is 105 Å². The van der Waals surface area contributed by atoms with E-state index in [1.54, 1.807) is 49.6 Å². The van der Waals surface area contributed by atoms with Gasteiger partial charge in [-0.3, -0.25) is 9.59 Å². The number of hydrogen-bond acceptors (Lipinski definition) is 8. The van der Waals surface area contributed by atoms with Crippen LogP contribution < -0.4 is 14.4 Å². The highest BCUT2D eigenvalue weighted by atomic mass is 35.5. The lowest BCUT2D eigenvalue weighted by atomic mass is 9.92. The number of aromatic nitrogens is 1. The monoisotopic (exact) mass is 664 g/mol. The Kier molecular flexibility index (Phi) is 10.3. The number of ether oxygens (including phenoxy) is 3. The van der Waals surface area contributed by atoms with Gasteiger partial charge < -0.3 is 29.3 Å². The molecule has 1 amide bonds. The second-order valence-corrected chi connectivity index (χ2v) is 13.6. The molecule has 242 valence electrons. The first-order valence-electron chi connectivity index (χ1n) is 14.8. The Labute approximate surface area is 277 Å². The van der Waals surface area contributed by atoms with Crippen LogP contribution >= 0.6 is 22.9 Å². The SMILES string of the molecule is COc1cccc([C@H]2O[C@H](Cc3ncc(C(Cc4ccccc4)C(=O)O)s3)C(=O)N(CC(C)(C)CO)c3ccc(Cl)cc32)c1OC. The lowest BCUT2D eigenvalue weighted by molar-refractivity contribution is -0.138. The number of fused-ring (bicyclic) bond motifs is 1. The second-order valence-electron chi connectivity index (χ2n) is 12.0. The van der Waals surface area contributed by atoms with Gasteiger partial charge in [0.1, 0.15) is 12.2 Å². The van der Waals surface area contributed by atoms with Crippen LogP contribution in [-0.2, 0) is 27.2 Å². The number of methoxy groups -OCH3 is 2. The van der Waals surface area contributed by atoms with Crippen LogP contribution in [0.15, 0.2) is 72.9 Å².